The topological polar surface area (TPSA) is 17.8 Å². The zero-order valence-electron chi connectivity index (χ0n) is 5.05. The maximum absolute atomic E-state index is 5.46. The molecule has 0 unspecified atom stereocenters. The summed E-state index contributed by atoms with van der Waals surface area (Å²) in [5.41, 5.74) is 1.65. The van der Waals surface area contributed by atoms with Crippen LogP contribution < -0.4 is 0 Å². The maximum atomic E-state index is 5.46. The van der Waals surface area contributed by atoms with E-state index in [2.05, 4.69) is 5.10 Å². The molecular weight excluding hydrogens is 100 g/mol. The Morgan fingerprint density at radius 1 is 1.75 bits per heavy atom. The van der Waals surface area contributed by atoms with Crippen LogP contribution in [0.3, 0.4) is 0 Å². The molecule has 0 N–H and O–H groups in total. The van der Waals surface area contributed by atoms with Crippen LogP contribution in [0.25, 0.3) is 0 Å². The van der Waals surface area contributed by atoms with Crippen LogP contribution >= 0.6 is 0 Å². The second-order valence-electron chi connectivity index (χ2n) is 1.84. The highest BCUT2D eigenvalue weighted by molar-refractivity contribution is 5.17. The third kappa shape index (κ3) is 0.735. The van der Waals surface area contributed by atoms with E-state index in [0.29, 0.717) is 0 Å². The van der Waals surface area contributed by atoms with E-state index in [-0.39, 0.29) is 0 Å². The Labute approximate surface area is 49.1 Å². The Balaban J connectivity index is 3.14. The lowest BCUT2D eigenvalue weighted by atomic mass is 10.3. The van der Waals surface area contributed by atoms with Crippen LogP contribution in [0.1, 0.15) is 11.3 Å². The highest BCUT2D eigenvalue weighted by Crippen LogP contribution is 1.99. The summed E-state index contributed by atoms with van der Waals surface area (Å²) in [6, 6.07) is 0. The van der Waals surface area contributed by atoms with E-state index in [0.717, 1.165) is 11.3 Å². The molecule has 2 heteroatoms. The third-order valence-corrected chi connectivity index (χ3v) is 1.05. The summed E-state index contributed by atoms with van der Waals surface area (Å²) < 4.78 is 1.70. The Morgan fingerprint density at radius 3 is 2.50 bits per heavy atom. The molecule has 0 saturated carbocycles. The lowest BCUT2D eigenvalue weighted by Gasteiger charge is -1.79. The van der Waals surface area contributed by atoms with Crippen molar-refractivity contribution >= 4 is 0 Å². The fourth-order valence-electron chi connectivity index (χ4n) is 0.618. The van der Waals surface area contributed by atoms with E-state index in [4.69, 9.17) is 6.92 Å². The van der Waals surface area contributed by atoms with Crippen LogP contribution in [-0.2, 0) is 7.05 Å². The predicted molar refractivity (Wildman–Crippen MR) is 31.3 cm³/mol. The maximum Gasteiger partial charge on any atom is 0.0628 e. The van der Waals surface area contributed by atoms with E-state index in [9.17, 15) is 0 Å². The molecule has 1 aromatic rings. The molecule has 0 aliphatic rings. The van der Waals surface area contributed by atoms with E-state index >= 15 is 0 Å². The van der Waals surface area contributed by atoms with Crippen molar-refractivity contribution in [3.8, 4) is 0 Å². The normalized spacial score (nSPS) is 9.88. The van der Waals surface area contributed by atoms with Gasteiger partial charge in [-0.05, 0) is 12.5 Å². The molecule has 2 nitrogen and oxygen atoms in total. The van der Waals surface area contributed by atoms with Gasteiger partial charge in [-0.1, -0.05) is 0 Å². The summed E-state index contributed by atoms with van der Waals surface area (Å²) in [7, 11) is 1.85. The molecule has 0 bridgehead atoms. The molecule has 8 heavy (non-hydrogen) atoms. The van der Waals surface area contributed by atoms with Gasteiger partial charge in [0.1, 0.15) is 0 Å². The third-order valence-electron chi connectivity index (χ3n) is 1.05. The summed E-state index contributed by atoms with van der Waals surface area (Å²) in [5, 5.41) is 4.00. The first-order valence-electron chi connectivity index (χ1n) is 2.46. The van der Waals surface area contributed by atoms with Crippen molar-refractivity contribution in [1.82, 2.24) is 9.78 Å². The van der Waals surface area contributed by atoms with E-state index < -0.39 is 0 Å². The van der Waals surface area contributed by atoms with Gasteiger partial charge < -0.3 is 0 Å². The minimum absolute atomic E-state index is 0.757. The van der Waals surface area contributed by atoms with Crippen LogP contribution in [-0.4, -0.2) is 9.78 Å². The molecular formula is C6H8N2. The zero-order chi connectivity index (χ0) is 6.15. The highest BCUT2D eigenvalue weighted by atomic mass is 15.2. The van der Waals surface area contributed by atoms with Crippen LogP contribution in [0.2, 0.25) is 0 Å². The molecule has 0 saturated heterocycles. The fourth-order valence-corrected chi connectivity index (χ4v) is 0.618. The number of aromatic nitrogens is 2. The summed E-state index contributed by atoms with van der Waals surface area (Å²) in [6.07, 6.45) is 1.79. The Bertz CT molecular complexity index is 169. The molecule has 42 valence electrons. The Kier molecular flexibility index (Phi) is 1.08. The van der Waals surface area contributed by atoms with Crippen molar-refractivity contribution in [2.24, 2.45) is 7.05 Å². The van der Waals surface area contributed by atoms with Gasteiger partial charge in [0.15, 0.2) is 0 Å². The van der Waals surface area contributed by atoms with E-state index in [1.807, 2.05) is 14.0 Å². The van der Waals surface area contributed by atoms with Crippen molar-refractivity contribution in [3.63, 3.8) is 0 Å². The summed E-state index contributed by atoms with van der Waals surface area (Å²) >= 11 is 0. The standard InChI is InChI=1S/C6H8N2/c1-5-4-8(3)7-6(5)2/h1,4H,2-3H3. The van der Waals surface area contributed by atoms with Crippen LogP contribution in [0, 0.1) is 13.8 Å². The number of aryl methyl sites for hydroxylation is 2. The molecule has 1 heterocycles. The van der Waals surface area contributed by atoms with Gasteiger partial charge in [0.05, 0.1) is 5.69 Å². The molecule has 0 aromatic carbocycles. The lowest BCUT2D eigenvalue weighted by molar-refractivity contribution is 0.756. The second kappa shape index (κ2) is 1.62. The number of hydrogen-bond donors (Lipinski definition) is 0. The molecule has 0 spiro atoms. The number of hydrogen-bond acceptors (Lipinski definition) is 1. The van der Waals surface area contributed by atoms with Crippen molar-refractivity contribution in [3.05, 3.63) is 24.4 Å². The van der Waals surface area contributed by atoms with Crippen molar-refractivity contribution < 1.29 is 0 Å². The average molecular weight is 108 g/mol. The van der Waals surface area contributed by atoms with E-state index in [1.165, 1.54) is 0 Å². The summed E-state index contributed by atoms with van der Waals surface area (Å²) in [4.78, 5) is 0. The Hall–Kier alpha value is -0.790. The largest absolute Gasteiger partial charge is 0.275 e. The fraction of sp³-hybridized carbons (Fsp3) is 0.333. The minimum Gasteiger partial charge on any atom is -0.275 e. The monoisotopic (exact) mass is 108 g/mol. The molecule has 2 radical (unpaired) electrons. The van der Waals surface area contributed by atoms with Crippen molar-refractivity contribution in [2.75, 3.05) is 0 Å². The predicted octanol–water partition coefficient (Wildman–Crippen LogP) is 0.788. The van der Waals surface area contributed by atoms with Crippen LogP contribution in [0.5, 0.6) is 0 Å². The second-order valence-corrected chi connectivity index (χ2v) is 1.84. The molecule has 1 aromatic heterocycles. The quantitative estimate of drug-likeness (QED) is 0.480. The SMILES string of the molecule is [CH]c1cn(C)nc1C. The molecule has 0 fully saturated rings. The smallest absolute Gasteiger partial charge is 0.0628 e. The van der Waals surface area contributed by atoms with Gasteiger partial charge in [0.25, 0.3) is 0 Å². The molecule has 0 aliphatic carbocycles. The molecule has 0 atom stereocenters. The van der Waals surface area contributed by atoms with Gasteiger partial charge in [-0.15, -0.1) is 0 Å². The molecule has 0 aliphatic heterocycles. The van der Waals surface area contributed by atoms with E-state index in [1.54, 1.807) is 10.9 Å². The van der Waals surface area contributed by atoms with Gasteiger partial charge in [0, 0.05) is 20.2 Å². The van der Waals surface area contributed by atoms with Crippen molar-refractivity contribution in [1.29, 1.82) is 0 Å². The minimum atomic E-state index is 0.757. The van der Waals surface area contributed by atoms with Gasteiger partial charge in [0.2, 0.25) is 0 Å². The summed E-state index contributed by atoms with van der Waals surface area (Å²) in [6.45, 7) is 7.34. The number of rotatable bonds is 0. The zero-order valence-corrected chi connectivity index (χ0v) is 5.05. The highest BCUT2D eigenvalue weighted by Gasteiger charge is 1.93. The molecule has 1 rings (SSSR count). The molecule has 0 amide bonds. The Morgan fingerprint density at radius 2 is 2.38 bits per heavy atom. The lowest BCUT2D eigenvalue weighted by Crippen LogP contribution is -1.86. The number of nitrogens with zero attached hydrogens (tertiary/aromatic N) is 2. The van der Waals surface area contributed by atoms with Crippen LogP contribution in [0.15, 0.2) is 6.20 Å². The first kappa shape index (κ1) is 5.35. The summed E-state index contributed by atoms with van der Waals surface area (Å²) in [5.74, 6) is 0. The van der Waals surface area contributed by atoms with Crippen LogP contribution in [0.4, 0.5) is 0 Å². The van der Waals surface area contributed by atoms with Gasteiger partial charge in [-0.25, -0.2) is 0 Å². The first-order valence-corrected chi connectivity index (χ1v) is 2.46. The average Bonchev–Trinajstić information content (AvgIpc) is 1.85. The van der Waals surface area contributed by atoms with Gasteiger partial charge in [-0.3, -0.25) is 4.68 Å². The van der Waals surface area contributed by atoms with Gasteiger partial charge in [-0.2, -0.15) is 5.10 Å². The van der Waals surface area contributed by atoms with Gasteiger partial charge >= 0.3 is 0 Å². The van der Waals surface area contributed by atoms with Crippen molar-refractivity contribution in [2.45, 2.75) is 6.92 Å². The first-order chi connectivity index (χ1) is 3.70.